The first kappa shape index (κ1) is 18.5. The normalized spacial score (nSPS) is 11.8. The molecule has 3 heteroatoms. The van der Waals surface area contributed by atoms with E-state index in [-0.39, 0.29) is 5.41 Å². The molecule has 2 aromatic carbocycles. The van der Waals surface area contributed by atoms with Crippen molar-refractivity contribution in [3.05, 3.63) is 59.9 Å². The lowest BCUT2D eigenvalue weighted by molar-refractivity contribution is 0.303. The van der Waals surface area contributed by atoms with Crippen molar-refractivity contribution in [1.82, 2.24) is 9.55 Å². The largest absolute Gasteiger partial charge is 0.494 e. The monoisotopic (exact) mass is 350 g/mol. The second-order valence-corrected chi connectivity index (χ2v) is 7.85. The molecule has 3 rings (SSSR count). The van der Waals surface area contributed by atoms with Gasteiger partial charge in [0.05, 0.1) is 17.6 Å². The Hall–Kier alpha value is -2.29. The van der Waals surface area contributed by atoms with Crippen LogP contribution in [0.3, 0.4) is 0 Å². The lowest BCUT2D eigenvalue weighted by Crippen LogP contribution is -2.10. The van der Waals surface area contributed by atoms with Crippen LogP contribution in [0.4, 0.5) is 0 Å². The van der Waals surface area contributed by atoms with Crippen LogP contribution in [0.1, 0.15) is 51.9 Å². The molecule has 0 aliphatic carbocycles. The molecule has 26 heavy (non-hydrogen) atoms. The molecule has 0 spiro atoms. The Kier molecular flexibility index (Phi) is 5.65. The van der Waals surface area contributed by atoms with Gasteiger partial charge in [-0.05, 0) is 48.1 Å². The number of nitrogens with zero attached hydrogens (tertiary/aromatic N) is 2. The van der Waals surface area contributed by atoms with E-state index in [1.54, 1.807) is 0 Å². The standard InChI is InChI=1S/C23H30N2O/c1-5-22-24-20-10-6-7-11-21(20)25(22)16-8-9-17-26-19-14-12-18(13-15-19)23(2,3)4/h6-7,10-15H,5,8-9,16-17H2,1-4H3. The van der Waals surface area contributed by atoms with E-state index < -0.39 is 0 Å². The summed E-state index contributed by atoms with van der Waals surface area (Å²) in [6.45, 7) is 10.6. The number of aromatic nitrogens is 2. The predicted molar refractivity (Wildman–Crippen MR) is 109 cm³/mol. The molecule has 1 heterocycles. The fraction of sp³-hybridized carbons (Fsp3) is 0.435. The van der Waals surface area contributed by atoms with Crippen molar-refractivity contribution in [2.45, 2.75) is 58.9 Å². The zero-order chi connectivity index (χ0) is 18.6. The predicted octanol–water partition coefficient (Wildman–Crippen LogP) is 5.76. The number of imidazole rings is 1. The summed E-state index contributed by atoms with van der Waals surface area (Å²) in [7, 11) is 0. The molecular formula is C23H30N2O. The van der Waals surface area contributed by atoms with Crippen LogP contribution in [-0.2, 0) is 18.4 Å². The van der Waals surface area contributed by atoms with Gasteiger partial charge in [0.25, 0.3) is 0 Å². The number of fused-ring (bicyclic) bond motifs is 1. The molecule has 0 radical (unpaired) electrons. The first-order valence-corrected chi connectivity index (χ1v) is 9.66. The van der Waals surface area contributed by atoms with Gasteiger partial charge in [0.15, 0.2) is 0 Å². The van der Waals surface area contributed by atoms with Gasteiger partial charge in [-0.25, -0.2) is 4.98 Å². The summed E-state index contributed by atoms with van der Waals surface area (Å²) in [6.07, 6.45) is 3.09. The van der Waals surface area contributed by atoms with E-state index in [4.69, 9.17) is 9.72 Å². The van der Waals surface area contributed by atoms with E-state index in [2.05, 4.69) is 80.8 Å². The average molecular weight is 351 g/mol. The first-order chi connectivity index (χ1) is 12.5. The van der Waals surface area contributed by atoms with Crippen molar-refractivity contribution < 1.29 is 4.74 Å². The Bertz CT molecular complexity index is 841. The van der Waals surface area contributed by atoms with Crippen LogP contribution in [0.2, 0.25) is 0 Å². The van der Waals surface area contributed by atoms with Gasteiger partial charge < -0.3 is 9.30 Å². The Labute approximate surface area is 157 Å². The Balaban J connectivity index is 1.50. The summed E-state index contributed by atoms with van der Waals surface area (Å²) in [4.78, 5) is 4.74. The molecule has 0 N–H and O–H groups in total. The molecule has 0 saturated carbocycles. The number of ether oxygens (including phenoxy) is 1. The SMILES string of the molecule is CCc1nc2ccccc2n1CCCCOc1ccc(C(C)(C)C)cc1. The van der Waals surface area contributed by atoms with Crippen molar-refractivity contribution in [2.75, 3.05) is 6.61 Å². The third-order valence-corrected chi connectivity index (χ3v) is 4.81. The summed E-state index contributed by atoms with van der Waals surface area (Å²) in [5.74, 6) is 2.13. The molecule has 0 saturated heterocycles. The van der Waals surface area contributed by atoms with E-state index in [0.29, 0.717) is 0 Å². The highest BCUT2D eigenvalue weighted by atomic mass is 16.5. The molecule has 0 unspecified atom stereocenters. The second kappa shape index (κ2) is 7.94. The van der Waals surface area contributed by atoms with Gasteiger partial charge >= 0.3 is 0 Å². The maximum Gasteiger partial charge on any atom is 0.119 e. The molecule has 0 aliphatic heterocycles. The third-order valence-electron chi connectivity index (χ3n) is 4.81. The van der Waals surface area contributed by atoms with Gasteiger partial charge in [0.1, 0.15) is 11.6 Å². The van der Waals surface area contributed by atoms with Crippen LogP contribution in [0.5, 0.6) is 5.75 Å². The van der Waals surface area contributed by atoms with Gasteiger partial charge in [0.2, 0.25) is 0 Å². The number of hydrogen-bond acceptors (Lipinski definition) is 2. The minimum absolute atomic E-state index is 0.184. The molecule has 0 amide bonds. The highest BCUT2D eigenvalue weighted by Crippen LogP contribution is 2.24. The van der Waals surface area contributed by atoms with Gasteiger partial charge in [-0.3, -0.25) is 0 Å². The van der Waals surface area contributed by atoms with Gasteiger partial charge in [-0.2, -0.15) is 0 Å². The van der Waals surface area contributed by atoms with Crippen LogP contribution in [0.15, 0.2) is 48.5 Å². The summed E-state index contributed by atoms with van der Waals surface area (Å²) < 4.78 is 8.27. The molecule has 3 nitrogen and oxygen atoms in total. The number of hydrogen-bond donors (Lipinski definition) is 0. The zero-order valence-electron chi connectivity index (χ0n) is 16.5. The van der Waals surface area contributed by atoms with E-state index >= 15 is 0 Å². The zero-order valence-corrected chi connectivity index (χ0v) is 16.5. The fourth-order valence-electron chi connectivity index (χ4n) is 3.26. The number of para-hydroxylation sites is 2. The molecule has 0 fully saturated rings. The first-order valence-electron chi connectivity index (χ1n) is 9.66. The summed E-state index contributed by atoms with van der Waals surface area (Å²) in [5.41, 5.74) is 3.86. The lowest BCUT2D eigenvalue weighted by Gasteiger charge is -2.19. The van der Waals surface area contributed by atoms with E-state index in [0.717, 1.165) is 43.7 Å². The summed E-state index contributed by atoms with van der Waals surface area (Å²) in [6, 6.07) is 16.9. The van der Waals surface area contributed by atoms with Gasteiger partial charge in [-0.1, -0.05) is 52.0 Å². The highest BCUT2D eigenvalue weighted by molar-refractivity contribution is 5.75. The second-order valence-electron chi connectivity index (χ2n) is 7.85. The average Bonchev–Trinajstić information content (AvgIpc) is 2.99. The van der Waals surface area contributed by atoms with Gasteiger partial charge in [-0.15, -0.1) is 0 Å². The Morgan fingerprint density at radius 1 is 0.962 bits per heavy atom. The third kappa shape index (κ3) is 4.27. The fourth-order valence-corrected chi connectivity index (χ4v) is 3.26. The van der Waals surface area contributed by atoms with Crippen LogP contribution in [0, 0.1) is 0 Å². The van der Waals surface area contributed by atoms with Crippen molar-refractivity contribution in [2.24, 2.45) is 0 Å². The molecule has 0 aliphatic rings. The molecule has 138 valence electrons. The van der Waals surface area contributed by atoms with Gasteiger partial charge in [0, 0.05) is 13.0 Å². The topological polar surface area (TPSA) is 27.1 Å². The van der Waals surface area contributed by atoms with Crippen LogP contribution in [-0.4, -0.2) is 16.2 Å². The quantitative estimate of drug-likeness (QED) is 0.507. The van der Waals surface area contributed by atoms with Crippen LogP contribution in [0.25, 0.3) is 11.0 Å². The Morgan fingerprint density at radius 3 is 2.38 bits per heavy atom. The summed E-state index contributed by atoms with van der Waals surface area (Å²) in [5, 5.41) is 0. The van der Waals surface area contributed by atoms with Crippen LogP contribution >= 0.6 is 0 Å². The van der Waals surface area contributed by atoms with Crippen molar-refractivity contribution in [1.29, 1.82) is 0 Å². The number of benzene rings is 2. The molecule has 0 atom stereocenters. The molecule has 0 bridgehead atoms. The number of unbranched alkanes of at least 4 members (excludes halogenated alkanes) is 1. The number of aryl methyl sites for hydroxylation is 2. The molecular weight excluding hydrogens is 320 g/mol. The smallest absolute Gasteiger partial charge is 0.119 e. The maximum absolute atomic E-state index is 5.91. The van der Waals surface area contributed by atoms with Crippen molar-refractivity contribution >= 4 is 11.0 Å². The Morgan fingerprint density at radius 2 is 1.69 bits per heavy atom. The van der Waals surface area contributed by atoms with Crippen molar-refractivity contribution in [3.8, 4) is 5.75 Å². The molecule has 1 aromatic heterocycles. The highest BCUT2D eigenvalue weighted by Gasteiger charge is 2.13. The van der Waals surface area contributed by atoms with E-state index in [9.17, 15) is 0 Å². The van der Waals surface area contributed by atoms with E-state index in [1.165, 1.54) is 16.9 Å². The van der Waals surface area contributed by atoms with Crippen LogP contribution < -0.4 is 4.74 Å². The molecule has 3 aromatic rings. The maximum atomic E-state index is 5.91. The minimum atomic E-state index is 0.184. The lowest BCUT2D eigenvalue weighted by atomic mass is 9.87. The van der Waals surface area contributed by atoms with Crippen molar-refractivity contribution in [3.63, 3.8) is 0 Å². The van der Waals surface area contributed by atoms with E-state index in [1.807, 2.05) is 0 Å². The minimum Gasteiger partial charge on any atom is -0.494 e. The summed E-state index contributed by atoms with van der Waals surface area (Å²) >= 11 is 0. The number of rotatable bonds is 7.